The summed E-state index contributed by atoms with van der Waals surface area (Å²) in [4.78, 5) is 4.22. The molecule has 98 valence electrons. The molecule has 0 bridgehead atoms. The third-order valence-electron chi connectivity index (χ3n) is 1.91. The molecule has 5 nitrogen and oxygen atoms in total. The van der Waals surface area contributed by atoms with E-state index in [4.69, 9.17) is 9.26 Å². The van der Waals surface area contributed by atoms with Crippen molar-refractivity contribution < 1.29 is 14.4 Å². The van der Waals surface area contributed by atoms with Crippen LogP contribution in [0.15, 0.2) is 4.52 Å². The second-order valence-electron chi connectivity index (χ2n) is 4.82. The van der Waals surface area contributed by atoms with Gasteiger partial charge in [-0.15, -0.1) is 11.8 Å². The Kier molecular flexibility index (Phi) is 5.42. The summed E-state index contributed by atoms with van der Waals surface area (Å²) in [6.45, 7) is 6.69. The molecule has 1 aromatic heterocycles. The van der Waals surface area contributed by atoms with Gasteiger partial charge in [0, 0.05) is 11.9 Å². The van der Waals surface area contributed by atoms with Gasteiger partial charge in [0.05, 0.1) is 24.9 Å². The van der Waals surface area contributed by atoms with Gasteiger partial charge in [0.2, 0.25) is 5.89 Å². The van der Waals surface area contributed by atoms with E-state index in [-0.39, 0.29) is 11.4 Å². The van der Waals surface area contributed by atoms with Gasteiger partial charge in [-0.05, 0) is 0 Å². The summed E-state index contributed by atoms with van der Waals surface area (Å²) in [7, 11) is 1.54. The fourth-order valence-corrected chi connectivity index (χ4v) is 1.84. The lowest BCUT2D eigenvalue weighted by molar-refractivity contribution is 0.0599. The molecule has 0 saturated carbocycles. The molecule has 1 heterocycles. The molecule has 0 radical (unpaired) electrons. The van der Waals surface area contributed by atoms with Crippen LogP contribution in [0.4, 0.5) is 0 Å². The van der Waals surface area contributed by atoms with E-state index in [2.05, 4.69) is 30.9 Å². The van der Waals surface area contributed by atoms with Crippen molar-refractivity contribution in [3.05, 3.63) is 11.7 Å². The van der Waals surface area contributed by atoms with Crippen LogP contribution in [-0.2, 0) is 16.9 Å². The molecule has 17 heavy (non-hydrogen) atoms. The summed E-state index contributed by atoms with van der Waals surface area (Å²) in [5, 5.41) is 13.4. The zero-order valence-corrected chi connectivity index (χ0v) is 11.6. The largest absolute Gasteiger partial charge is 0.390 e. The van der Waals surface area contributed by atoms with Gasteiger partial charge >= 0.3 is 0 Å². The number of ether oxygens (including phenoxy) is 1. The summed E-state index contributed by atoms with van der Waals surface area (Å²) in [6, 6.07) is 0. The van der Waals surface area contributed by atoms with Crippen LogP contribution in [0, 0.1) is 0 Å². The highest BCUT2D eigenvalue weighted by Crippen LogP contribution is 2.26. The van der Waals surface area contributed by atoms with Crippen LogP contribution in [0.2, 0.25) is 0 Å². The number of nitrogens with zero attached hydrogens (tertiary/aromatic N) is 2. The monoisotopic (exact) mass is 260 g/mol. The maximum atomic E-state index is 9.51. The van der Waals surface area contributed by atoms with Gasteiger partial charge in [0.1, 0.15) is 0 Å². The Morgan fingerprint density at radius 2 is 2.18 bits per heavy atom. The quantitative estimate of drug-likeness (QED) is 0.839. The zero-order valence-electron chi connectivity index (χ0n) is 10.8. The Morgan fingerprint density at radius 3 is 2.76 bits per heavy atom. The minimum absolute atomic E-state index is 0.177. The molecule has 1 aromatic rings. The standard InChI is InChI=1S/C11H20N2O3S/c1-11(2,3)17-7-9-12-10(16-13-9)5-8(14)6-15-4/h8,14H,5-7H2,1-4H3. The number of hydrogen-bond acceptors (Lipinski definition) is 6. The first-order valence-corrected chi connectivity index (χ1v) is 6.51. The fourth-order valence-electron chi connectivity index (χ4n) is 1.17. The first-order valence-electron chi connectivity index (χ1n) is 5.53. The van der Waals surface area contributed by atoms with E-state index in [0.717, 1.165) is 0 Å². The summed E-state index contributed by atoms with van der Waals surface area (Å²) >= 11 is 1.76. The highest BCUT2D eigenvalue weighted by Gasteiger charge is 2.15. The number of aliphatic hydroxyl groups excluding tert-OH is 1. The van der Waals surface area contributed by atoms with Crippen molar-refractivity contribution in [3.8, 4) is 0 Å². The van der Waals surface area contributed by atoms with Crippen LogP contribution in [0.25, 0.3) is 0 Å². The maximum absolute atomic E-state index is 9.51. The Hall–Kier alpha value is -0.590. The lowest BCUT2D eigenvalue weighted by Gasteiger charge is -2.15. The Bertz CT molecular complexity index is 336. The van der Waals surface area contributed by atoms with Crippen LogP contribution in [0.3, 0.4) is 0 Å². The smallest absolute Gasteiger partial charge is 0.229 e. The number of aliphatic hydroxyl groups is 1. The van der Waals surface area contributed by atoms with Crippen LogP contribution >= 0.6 is 11.8 Å². The highest BCUT2D eigenvalue weighted by molar-refractivity contribution is 7.99. The van der Waals surface area contributed by atoms with Gasteiger partial charge in [0.15, 0.2) is 5.82 Å². The molecule has 1 rings (SSSR count). The van der Waals surface area contributed by atoms with E-state index in [9.17, 15) is 5.11 Å². The van der Waals surface area contributed by atoms with Gasteiger partial charge in [0.25, 0.3) is 0 Å². The van der Waals surface area contributed by atoms with Crippen molar-refractivity contribution >= 4 is 11.8 Å². The molecule has 0 spiro atoms. The predicted molar refractivity (Wildman–Crippen MR) is 66.9 cm³/mol. The Labute approximate surface area is 106 Å². The molecule has 0 aliphatic carbocycles. The van der Waals surface area contributed by atoms with E-state index in [1.54, 1.807) is 18.9 Å². The topological polar surface area (TPSA) is 68.4 Å². The fraction of sp³-hybridized carbons (Fsp3) is 0.818. The van der Waals surface area contributed by atoms with Crippen molar-refractivity contribution in [2.24, 2.45) is 0 Å². The number of hydrogen-bond donors (Lipinski definition) is 1. The summed E-state index contributed by atoms with van der Waals surface area (Å²) in [6.07, 6.45) is -0.260. The summed E-state index contributed by atoms with van der Waals surface area (Å²) < 4.78 is 10.1. The van der Waals surface area contributed by atoms with Crippen LogP contribution in [0.1, 0.15) is 32.5 Å². The van der Waals surface area contributed by atoms with Crippen LogP contribution < -0.4 is 0 Å². The molecule has 1 unspecified atom stereocenters. The number of thioether (sulfide) groups is 1. The van der Waals surface area contributed by atoms with Crippen molar-refractivity contribution in [1.82, 2.24) is 10.1 Å². The van der Waals surface area contributed by atoms with E-state index >= 15 is 0 Å². The molecular formula is C11H20N2O3S. The molecule has 6 heteroatoms. The second kappa shape index (κ2) is 6.37. The Morgan fingerprint density at radius 1 is 1.47 bits per heavy atom. The summed E-state index contributed by atoms with van der Waals surface area (Å²) in [5.74, 6) is 1.84. The van der Waals surface area contributed by atoms with Crippen molar-refractivity contribution in [3.63, 3.8) is 0 Å². The molecule has 1 atom stereocenters. The van der Waals surface area contributed by atoms with E-state index in [1.165, 1.54) is 0 Å². The van der Waals surface area contributed by atoms with Crippen molar-refractivity contribution in [2.45, 2.75) is 43.8 Å². The molecule has 1 N–H and O–H groups in total. The molecule has 0 aromatic carbocycles. The minimum Gasteiger partial charge on any atom is -0.390 e. The number of methoxy groups -OCH3 is 1. The van der Waals surface area contributed by atoms with E-state index < -0.39 is 6.10 Å². The molecule has 0 aliphatic rings. The molecule has 0 amide bonds. The minimum atomic E-state index is -0.594. The molecular weight excluding hydrogens is 240 g/mol. The van der Waals surface area contributed by atoms with E-state index in [1.807, 2.05) is 0 Å². The first-order chi connectivity index (χ1) is 7.90. The maximum Gasteiger partial charge on any atom is 0.229 e. The van der Waals surface area contributed by atoms with E-state index in [0.29, 0.717) is 23.9 Å². The van der Waals surface area contributed by atoms with Gasteiger partial charge in [-0.3, -0.25) is 0 Å². The summed E-state index contributed by atoms with van der Waals surface area (Å²) in [5.41, 5.74) is 0. The Balaban J connectivity index is 2.42. The third kappa shape index (κ3) is 6.05. The number of aromatic nitrogens is 2. The van der Waals surface area contributed by atoms with Crippen molar-refractivity contribution in [2.75, 3.05) is 13.7 Å². The molecule has 0 fully saturated rings. The second-order valence-corrected chi connectivity index (χ2v) is 6.62. The predicted octanol–water partition coefficient (Wildman–Crippen LogP) is 1.65. The number of rotatable bonds is 6. The van der Waals surface area contributed by atoms with Gasteiger partial charge in [-0.25, -0.2) is 0 Å². The van der Waals surface area contributed by atoms with Gasteiger partial charge in [-0.2, -0.15) is 4.98 Å². The average Bonchev–Trinajstić information content (AvgIpc) is 2.62. The highest BCUT2D eigenvalue weighted by atomic mass is 32.2. The normalized spacial score (nSPS) is 13.9. The van der Waals surface area contributed by atoms with Crippen LogP contribution in [0.5, 0.6) is 0 Å². The van der Waals surface area contributed by atoms with Crippen molar-refractivity contribution in [1.29, 1.82) is 0 Å². The average molecular weight is 260 g/mol. The van der Waals surface area contributed by atoms with Gasteiger partial charge in [-0.1, -0.05) is 25.9 Å². The molecule has 0 saturated heterocycles. The lowest BCUT2D eigenvalue weighted by Crippen LogP contribution is -2.17. The first kappa shape index (κ1) is 14.5. The van der Waals surface area contributed by atoms with Gasteiger partial charge < -0.3 is 14.4 Å². The van der Waals surface area contributed by atoms with Crippen LogP contribution in [-0.4, -0.2) is 39.8 Å². The zero-order chi connectivity index (χ0) is 12.9. The SMILES string of the molecule is COCC(O)Cc1nc(CSC(C)(C)C)no1. The third-order valence-corrected chi connectivity index (χ3v) is 3.18. The molecule has 0 aliphatic heterocycles. The lowest BCUT2D eigenvalue weighted by atomic mass is 10.3.